The lowest BCUT2D eigenvalue weighted by Crippen LogP contribution is -2.37. The summed E-state index contributed by atoms with van der Waals surface area (Å²) < 4.78 is 37.1. The highest BCUT2D eigenvalue weighted by atomic mass is 32.2. The SMILES string of the molecule is COC1=C(C(=O)Nc2nc(-c3ccc([N+](=O)[O-])[nH]3)co2)N(C)S(=O)(=O)c2ccccc21. The first-order chi connectivity index (χ1) is 14.7. The third-order valence-electron chi connectivity index (χ3n) is 4.59. The van der Waals surface area contributed by atoms with Gasteiger partial charge in [0.1, 0.15) is 6.26 Å². The summed E-state index contributed by atoms with van der Waals surface area (Å²) in [5.74, 6) is -0.994. The Morgan fingerprint density at radius 3 is 2.71 bits per heavy atom. The fraction of sp³-hybridized carbons (Fsp3) is 0.111. The predicted octanol–water partition coefficient (Wildman–Crippen LogP) is 2.17. The zero-order chi connectivity index (χ0) is 22.3. The second-order valence-electron chi connectivity index (χ2n) is 6.36. The molecule has 31 heavy (non-hydrogen) atoms. The van der Waals surface area contributed by atoms with Crippen LogP contribution >= 0.6 is 0 Å². The second-order valence-corrected chi connectivity index (χ2v) is 8.29. The minimum atomic E-state index is -3.98. The third kappa shape index (κ3) is 3.30. The molecule has 1 aromatic carbocycles. The Balaban J connectivity index is 1.67. The number of carbonyl (C=O) groups is 1. The van der Waals surface area contributed by atoms with E-state index in [-0.39, 0.29) is 39.4 Å². The van der Waals surface area contributed by atoms with Crippen LogP contribution < -0.4 is 5.32 Å². The highest BCUT2D eigenvalue weighted by molar-refractivity contribution is 7.89. The fourth-order valence-electron chi connectivity index (χ4n) is 3.12. The normalized spacial score (nSPS) is 14.8. The number of aromatic amines is 1. The second kappa shape index (κ2) is 7.28. The van der Waals surface area contributed by atoms with E-state index in [0.717, 1.165) is 4.31 Å². The van der Waals surface area contributed by atoms with Gasteiger partial charge in [-0.1, -0.05) is 12.1 Å². The number of H-pyrrole nitrogens is 1. The minimum absolute atomic E-state index is 0.0117. The van der Waals surface area contributed by atoms with E-state index in [1.807, 2.05) is 0 Å². The van der Waals surface area contributed by atoms with Crippen molar-refractivity contribution in [1.82, 2.24) is 14.3 Å². The van der Waals surface area contributed by atoms with Gasteiger partial charge in [-0.2, -0.15) is 4.98 Å². The largest absolute Gasteiger partial charge is 0.494 e. The Morgan fingerprint density at radius 2 is 2.03 bits per heavy atom. The molecule has 0 atom stereocenters. The Kier molecular flexibility index (Phi) is 4.74. The number of rotatable bonds is 5. The summed E-state index contributed by atoms with van der Waals surface area (Å²) >= 11 is 0. The third-order valence-corrected chi connectivity index (χ3v) is 6.40. The Bertz CT molecular complexity index is 1340. The number of fused-ring (bicyclic) bond motifs is 1. The van der Waals surface area contributed by atoms with Gasteiger partial charge in [0.05, 0.1) is 12.0 Å². The number of nitrogens with one attached hydrogen (secondary N) is 2. The van der Waals surface area contributed by atoms with E-state index in [2.05, 4.69) is 15.3 Å². The van der Waals surface area contributed by atoms with Gasteiger partial charge in [-0.05, 0) is 23.1 Å². The van der Waals surface area contributed by atoms with Crippen molar-refractivity contribution in [3.8, 4) is 11.4 Å². The number of methoxy groups -OCH3 is 1. The summed E-state index contributed by atoms with van der Waals surface area (Å²) in [6.45, 7) is 0. The van der Waals surface area contributed by atoms with Gasteiger partial charge in [0.25, 0.3) is 15.9 Å². The van der Waals surface area contributed by atoms with Gasteiger partial charge in [0.2, 0.25) is 0 Å². The predicted molar refractivity (Wildman–Crippen MR) is 107 cm³/mol. The van der Waals surface area contributed by atoms with Crippen LogP contribution in [0.1, 0.15) is 5.56 Å². The first kappa shape index (κ1) is 20.2. The van der Waals surface area contributed by atoms with E-state index in [9.17, 15) is 23.3 Å². The number of nitro groups is 1. The molecule has 12 nitrogen and oxygen atoms in total. The van der Waals surface area contributed by atoms with Gasteiger partial charge in [0, 0.05) is 18.7 Å². The van der Waals surface area contributed by atoms with E-state index in [0.29, 0.717) is 5.69 Å². The molecule has 0 saturated heterocycles. The van der Waals surface area contributed by atoms with E-state index < -0.39 is 20.9 Å². The molecule has 0 saturated carbocycles. The topological polar surface area (TPSA) is 161 Å². The number of hydrogen-bond donors (Lipinski definition) is 2. The quantitative estimate of drug-likeness (QED) is 0.446. The van der Waals surface area contributed by atoms with Crippen LogP contribution in [0, 0.1) is 10.1 Å². The zero-order valence-corrected chi connectivity index (χ0v) is 17.0. The maximum Gasteiger partial charge on any atom is 0.321 e. The molecule has 0 aliphatic carbocycles. The van der Waals surface area contributed by atoms with Crippen molar-refractivity contribution in [2.45, 2.75) is 4.90 Å². The van der Waals surface area contributed by atoms with Gasteiger partial charge in [-0.15, -0.1) is 0 Å². The van der Waals surface area contributed by atoms with Crippen molar-refractivity contribution in [2.24, 2.45) is 0 Å². The molecule has 160 valence electrons. The van der Waals surface area contributed by atoms with Crippen molar-refractivity contribution in [3.63, 3.8) is 0 Å². The molecule has 4 rings (SSSR count). The van der Waals surface area contributed by atoms with Gasteiger partial charge in [0.15, 0.2) is 22.8 Å². The molecule has 2 N–H and O–H groups in total. The highest BCUT2D eigenvalue weighted by Crippen LogP contribution is 2.36. The van der Waals surface area contributed by atoms with Crippen molar-refractivity contribution >= 4 is 33.5 Å². The van der Waals surface area contributed by atoms with E-state index in [4.69, 9.17) is 9.15 Å². The van der Waals surface area contributed by atoms with Gasteiger partial charge < -0.3 is 19.3 Å². The maximum atomic E-state index is 12.9. The van der Waals surface area contributed by atoms with Crippen LogP contribution in [0.15, 0.2) is 57.7 Å². The first-order valence-electron chi connectivity index (χ1n) is 8.71. The van der Waals surface area contributed by atoms with Crippen molar-refractivity contribution in [3.05, 3.63) is 64.0 Å². The number of carbonyl (C=O) groups excluding carboxylic acids is 1. The summed E-state index contributed by atoms with van der Waals surface area (Å²) in [6.07, 6.45) is 1.19. The Morgan fingerprint density at radius 1 is 1.29 bits per heavy atom. The molecule has 0 spiro atoms. The number of sulfonamides is 1. The van der Waals surface area contributed by atoms with Crippen LogP contribution in [0.3, 0.4) is 0 Å². The van der Waals surface area contributed by atoms with Crippen LogP contribution in [0.2, 0.25) is 0 Å². The number of benzene rings is 1. The molecule has 0 radical (unpaired) electrons. The molecule has 1 aliphatic rings. The average Bonchev–Trinajstić information content (AvgIpc) is 3.40. The molecule has 0 fully saturated rings. The highest BCUT2D eigenvalue weighted by Gasteiger charge is 2.38. The monoisotopic (exact) mass is 445 g/mol. The summed E-state index contributed by atoms with van der Waals surface area (Å²) in [7, 11) is -1.42. The summed E-state index contributed by atoms with van der Waals surface area (Å²) in [6, 6.07) is 8.62. The summed E-state index contributed by atoms with van der Waals surface area (Å²) in [4.78, 5) is 29.8. The van der Waals surface area contributed by atoms with Crippen LogP contribution in [0.5, 0.6) is 0 Å². The number of likely N-dealkylation sites (N-methyl/N-ethyl adjacent to an activating group) is 1. The molecule has 1 aliphatic heterocycles. The lowest BCUT2D eigenvalue weighted by Gasteiger charge is -2.29. The maximum absolute atomic E-state index is 12.9. The number of hydrogen-bond acceptors (Lipinski definition) is 8. The summed E-state index contributed by atoms with van der Waals surface area (Å²) in [5, 5.41) is 13.2. The molecular formula is C18H15N5O7S. The molecule has 13 heteroatoms. The standard InChI is InChI=1S/C18H15N5O7S/c1-22-15(16(29-2)10-5-3-4-6-13(10)31(22,27)28)17(24)21-18-20-12(9-30-18)11-7-8-14(19-11)23(25)26/h3-9,19H,1-2H3,(H,20,21,24). The van der Waals surface area contributed by atoms with Crippen LogP contribution in [-0.2, 0) is 19.6 Å². The number of nitrogens with zero attached hydrogens (tertiary/aromatic N) is 3. The molecular weight excluding hydrogens is 430 g/mol. The lowest BCUT2D eigenvalue weighted by molar-refractivity contribution is -0.389. The zero-order valence-electron chi connectivity index (χ0n) is 16.1. The van der Waals surface area contributed by atoms with Crippen LogP contribution in [0.25, 0.3) is 17.1 Å². The van der Waals surface area contributed by atoms with Gasteiger partial charge >= 0.3 is 11.8 Å². The minimum Gasteiger partial charge on any atom is -0.494 e. The average molecular weight is 445 g/mol. The number of aromatic nitrogens is 2. The molecule has 0 unspecified atom stereocenters. The van der Waals surface area contributed by atoms with E-state index in [1.54, 1.807) is 12.1 Å². The van der Waals surface area contributed by atoms with E-state index >= 15 is 0 Å². The Hall–Kier alpha value is -4.13. The molecule has 1 amide bonds. The van der Waals surface area contributed by atoms with Crippen LogP contribution in [-0.4, -0.2) is 47.7 Å². The molecule has 2 aromatic heterocycles. The van der Waals surface area contributed by atoms with Crippen LogP contribution in [0.4, 0.5) is 11.8 Å². The van der Waals surface area contributed by atoms with Gasteiger partial charge in [-0.25, -0.2) is 13.4 Å². The fourth-order valence-corrected chi connectivity index (χ4v) is 4.51. The van der Waals surface area contributed by atoms with Gasteiger partial charge in [-0.3, -0.25) is 14.4 Å². The van der Waals surface area contributed by atoms with E-state index in [1.165, 1.54) is 44.7 Å². The molecule has 0 bridgehead atoms. The number of ether oxygens (including phenoxy) is 1. The molecule has 3 aromatic rings. The summed E-state index contributed by atoms with van der Waals surface area (Å²) in [5.41, 5.74) is 0.509. The smallest absolute Gasteiger partial charge is 0.321 e. The number of amides is 1. The number of oxazole rings is 1. The number of anilines is 1. The molecule has 3 heterocycles. The van der Waals surface area contributed by atoms with Crippen molar-refractivity contribution in [1.29, 1.82) is 0 Å². The lowest BCUT2D eigenvalue weighted by atomic mass is 10.1. The first-order valence-corrected chi connectivity index (χ1v) is 10.1. The van der Waals surface area contributed by atoms with Crippen molar-refractivity contribution < 1.29 is 27.3 Å². The Labute approximate surface area is 175 Å². The van der Waals surface area contributed by atoms with Crippen molar-refractivity contribution in [2.75, 3.05) is 19.5 Å².